The summed E-state index contributed by atoms with van der Waals surface area (Å²) in [7, 11) is 0. The van der Waals surface area contributed by atoms with Crippen molar-refractivity contribution >= 4 is 23.2 Å². The maximum Gasteiger partial charge on any atom is 0.265 e. The lowest BCUT2D eigenvalue weighted by molar-refractivity contribution is -0.122. The highest BCUT2D eigenvalue weighted by Gasteiger charge is 2.23. The summed E-state index contributed by atoms with van der Waals surface area (Å²) in [6.45, 7) is 5.53. The van der Waals surface area contributed by atoms with Crippen LogP contribution in [0.25, 0.3) is 0 Å². The van der Waals surface area contributed by atoms with E-state index in [2.05, 4.69) is 10.6 Å². The van der Waals surface area contributed by atoms with E-state index in [0.29, 0.717) is 22.9 Å². The van der Waals surface area contributed by atoms with Crippen LogP contribution in [-0.2, 0) is 9.59 Å². The Hall–Kier alpha value is -3.02. The summed E-state index contributed by atoms with van der Waals surface area (Å²) >= 11 is 0. The van der Waals surface area contributed by atoms with Gasteiger partial charge in [0, 0.05) is 5.69 Å². The molecule has 0 spiro atoms. The molecule has 0 saturated heterocycles. The van der Waals surface area contributed by atoms with Crippen molar-refractivity contribution in [3.05, 3.63) is 47.5 Å². The molecule has 2 amide bonds. The monoisotopic (exact) mass is 340 g/mol. The molecule has 130 valence electrons. The molecule has 0 aliphatic carbocycles. The number of hydrogen-bond donors (Lipinski definition) is 2. The van der Waals surface area contributed by atoms with Gasteiger partial charge in [0.1, 0.15) is 11.5 Å². The third kappa shape index (κ3) is 3.74. The lowest BCUT2D eigenvalue weighted by Crippen LogP contribution is -2.34. The number of ether oxygens (including phenoxy) is 2. The molecule has 2 N–H and O–H groups in total. The van der Waals surface area contributed by atoms with E-state index in [1.54, 1.807) is 25.1 Å². The van der Waals surface area contributed by atoms with Crippen molar-refractivity contribution in [1.82, 2.24) is 0 Å². The molecule has 6 heteroatoms. The molecular weight excluding hydrogens is 320 g/mol. The smallest absolute Gasteiger partial charge is 0.265 e. The highest BCUT2D eigenvalue weighted by atomic mass is 16.5. The van der Waals surface area contributed by atoms with Crippen LogP contribution < -0.4 is 20.1 Å². The van der Waals surface area contributed by atoms with Gasteiger partial charge in [-0.1, -0.05) is 12.1 Å². The summed E-state index contributed by atoms with van der Waals surface area (Å²) in [6, 6.07) is 10.8. The number of amides is 2. The van der Waals surface area contributed by atoms with Gasteiger partial charge in [0.05, 0.1) is 5.69 Å². The minimum absolute atomic E-state index is 0.0960. The Labute approximate surface area is 146 Å². The number of hydrogen-bond acceptors (Lipinski definition) is 4. The van der Waals surface area contributed by atoms with E-state index in [4.69, 9.17) is 9.47 Å². The number of carbonyl (C=O) groups excluding carboxylic acids is 2. The zero-order chi connectivity index (χ0) is 18.0. The Morgan fingerprint density at radius 1 is 1.28 bits per heavy atom. The van der Waals surface area contributed by atoms with E-state index in [9.17, 15) is 9.59 Å². The van der Waals surface area contributed by atoms with Crippen LogP contribution >= 0.6 is 0 Å². The number of nitrogens with one attached hydrogen (secondary N) is 2. The molecule has 2 aromatic carbocycles. The number of benzene rings is 2. The van der Waals surface area contributed by atoms with Gasteiger partial charge in [-0.3, -0.25) is 9.59 Å². The first-order chi connectivity index (χ1) is 11.9. The maximum absolute atomic E-state index is 12.1. The molecule has 0 unspecified atom stereocenters. The molecule has 0 bridgehead atoms. The highest BCUT2D eigenvalue weighted by Crippen LogP contribution is 2.32. The van der Waals surface area contributed by atoms with E-state index in [-0.39, 0.29) is 18.4 Å². The van der Waals surface area contributed by atoms with E-state index in [1.807, 2.05) is 32.0 Å². The molecule has 0 radical (unpaired) electrons. The van der Waals surface area contributed by atoms with Crippen LogP contribution in [0.5, 0.6) is 11.5 Å². The molecule has 2 aromatic rings. The van der Waals surface area contributed by atoms with Gasteiger partial charge in [0.25, 0.3) is 11.8 Å². The SMILES string of the molecule is Cc1cccc(OCC(=O)Nc2ccc3c(c2)NC(=O)[C@H](C)O3)c1C. The van der Waals surface area contributed by atoms with Crippen LogP contribution in [0.1, 0.15) is 18.1 Å². The van der Waals surface area contributed by atoms with Gasteiger partial charge in [0.2, 0.25) is 0 Å². The van der Waals surface area contributed by atoms with Crippen molar-refractivity contribution in [3.63, 3.8) is 0 Å². The van der Waals surface area contributed by atoms with E-state index < -0.39 is 6.10 Å². The summed E-state index contributed by atoms with van der Waals surface area (Å²) in [5.41, 5.74) is 3.22. The highest BCUT2D eigenvalue weighted by molar-refractivity contribution is 5.99. The molecule has 0 aromatic heterocycles. The topological polar surface area (TPSA) is 76.7 Å². The van der Waals surface area contributed by atoms with Crippen molar-refractivity contribution in [1.29, 1.82) is 0 Å². The number of aryl methyl sites for hydroxylation is 1. The van der Waals surface area contributed by atoms with Gasteiger partial charge in [-0.15, -0.1) is 0 Å². The third-order valence-corrected chi connectivity index (χ3v) is 4.11. The van der Waals surface area contributed by atoms with E-state index in [1.165, 1.54) is 0 Å². The Morgan fingerprint density at radius 3 is 2.88 bits per heavy atom. The largest absolute Gasteiger partial charge is 0.483 e. The van der Waals surface area contributed by atoms with Crippen molar-refractivity contribution in [3.8, 4) is 11.5 Å². The third-order valence-electron chi connectivity index (χ3n) is 4.11. The Morgan fingerprint density at radius 2 is 2.08 bits per heavy atom. The van der Waals surface area contributed by atoms with Crippen molar-refractivity contribution in [2.45, 2.75) is 26.9 Å². The summed E-state index contributed by atoms with van der Waals surface area (Å²) in [4.78, 5) is 23.8. The molecule has 1 aliphatic rings. The first-order valence-corrected chi connectivity index (χ1v) is 8.04. The predicted octanol–water partition coefficient (Wildman–Crippen LogP) is 3.04. The number of carbonyl (C=O) groups is 2. The van der Waals surface area contributed by atoms with Crippen LogP contribution in [0.4, 0.5) is 11.4 Å². The van der Waals surface area contributed by atoms with Gasteiger partial charge in [-0.2, -0.15) is 0 Å². The Bertz CT molecular complexity index is 832. The molecule has 1 heterocycles. The fourth-order valence-electron chi connectivity index (χ4n) is 2.51. The minimum Gasteiger partial charge on any atom is -0.483 e. The lowest BCUT2D eigenvalue weighted by Gasteiger charge is -2.23. The average molecular weight is 340 g/mol. The second-order valence-electron chi connectivity index (χ2n) is 6.00. The average Bonchev–Trinajstić information content (AvgIpc) is 2.57. The van der Waals surface area contributed by atoms with Gasteiger partial charge in [-0.05, 0) is 56.2 Å². The summed E-state index contributed by atoms with van der Waals surface area (Å²) in [6.07, 6.45) is -0.529. The second-order valence-corrected chi connectivity index (χ2v) is 6.00. The van der Waals surface area contributed by atoms with Crippen molar-refractivity contribution in [2.24, 2.45) is 0 Å². The number of rotatable bonds is 4. The molecule has 3 rings (SSSR count). The van der Waals surface area contributed by atoms with Crippen LogP contribution in [0.2, 0.25) is 0 Å². The molecule has 0 saturated carbocycles. The molecule has 1 aliphatic heterocycles. The molecule has 6 nitrogen and oxygen atoms in total. The fraction of sp³-hybridized carbons (Fsp3) is 0.263. The van der Waals surface area contributed by atoms with Crippen molar-refractivity contribution in [2.75, 3.05) is 17.2 Å². The first kappa shape index (κ1) is 16.8. The van der Waals surface area contributed by atoms with Gasteiger partial charge in [0.15, 0.2) is 12.7 Å². The standard InChI is InChI=1S/C19H20N2O4/c1-11-5-4-6-16(12(11)2)24-10-18(22)20-14-7-8-17-15(9-14)21-19(23)13(3)25-17/h4-9,13H,10H2,1-3H3,(H,20,22)(H,21,23)/t13-/m0/s1. The van der Waals surface area contributed by atoms with Gasteiger partial charge < -0.3 is 20.1 Å². The quantitative estimate of drug-likeness (QED) is 0.897. The van der Waals surface area contributed by atoms with Gasteiger partial charge >= 0.3 is 0 Å². The van der Waals surface area contributed by atoms with E-state index >= 15 is 0 Å². The zero-order valence-corrected chi connectivity index (χ0v) is 14.4. The molecule has 1 atom stereocenters. The summed E-state index contributed by atoms with van der Waals surface area (Å²) in [5.74, 6) is 0.776. The summed E-state index contributed by atoms with van der Waals surface area (Å²) in [5, 5.41) is 5.50. The number of fused-ring (bicyclic) bond motifs is 1. The van der Waals surface area contributed by atoms with Crippen LogP contribution in [0.15, 0.2) is 36.4 Å². The first-order valence-electron chi connectivity index (χ1n) is 8.04. The maximum atomic E-state index is 12.1. The second kappa shape index (κ2) is 6.84. The van der Waals surface area contributed by atoms with Crippen LogP contribution in [0.3, 0.4) is 0 Å². The van der Waals surface area contributed by atoms with Crippen LogP contribution in [-0.4, -0.2) is 24.5 Å². The lowest BCUT2D eigenvalue weighted by atomic mass is 10.1. The predicted molar refractivity (Wildman–Crippen MR) is 95.2 cm³/mol. The Kier molecular flexibility index (Phi) is 4.61. The zero-order valence-electron chi connectivity index (χ0n) is 14.4. The number of anilines is 2. The normalized spacial score (nSPS) is 15.6. The fourth-order valence-corrected chi connectivity index (χ4v) is 2.51. The van der Waals surface area contributed by atoms with Gasteiger partial charge in [-0.25, -0.2) is 0 Å². The minimum atomic E-state index is -0.529. The Balaban J connectivity index is 1.63. The molecule has 0 fully saturated rings. The van der Waals surface area contributed by atoms with E-state index in [0.717, 1.165) is 11.1 Å². The van der Waals surface area contributed by atoms with Crippen molar-refractivity contribution < 1.29 is 19.1 Å². The summed E-state index contributed by atoms with van der Waals surface area (Å²) < 4.78 is 11.1. The molecule has 25 heavy (non-hydrogen) atoms. The molecular formula is C19H20N2O4. The van der Waals surface area contributed by atoms with Crippen LogP contribution in [0, 0.1) is 13.8 Å².